The second-order valence-electron chi connectivity index (χ2n) is 7.92. The zero-order valence-electron chi connectivity index (χ0n) is 21.8. The average Bonchev–Trinajstić information content (AvgIpc) is 3.45. The molecule has 196 valence electrons. The molecule has 0 radical (unpaired) electrons. The summed E-state index contributed by atoms with van der Waals surface area (Å²) >= 11 is 0. The number of benzene rings is 1. The third kappa shape index (κ3) is 16.1. The summed E-state index contributed by atoms with van der Waals surface area (Å²) in [6.07, 6.45) is 18.9. The molecule has 0 N–H and O–H groups in total. The highest BCUT2D eigenvalue weighted by atomic mass is 32.2. The Hall–Kier alpha value is -3.58. The first kappa shape index (κ1) is 32.4. The Kier molecular flexibility index (Phi) is 16.9. The second kappa shape index (κ2) is 18.7. The maximum atomic E-state index is 10.4. The maximum absolute atomic E-state index is 10.4. The highest BCUT2D eigenvalue weighted by molar-refractivity contribution is 7.85. The maximum Gasteiger partial charge on any atom is 0.243 e. The molecule has 0 unspecified atom stereocenters. The largest absolute Gasteiger partial charge is 0.744 e. The first-order valence-corrected chi connectivity index (χ1v) is 13.0. The lowest BCUT2D eigenvalue weighted by atomic mass is 10.2. The van der Waals surface area contributed by atoms with E-state index in [-0.39, 0.29) is 4.90 Å². The van der Waals surface area contributed by atoms with Crippen LogP contribution < -0.4 is 9.13 Å². The van der Waals surface area contributed by atoms with Gasteiger partial charge in [0.25, 0.3) is 0 Å². The zero-order chi connectivity index (χ0) is 27.4. The summed E-state index contributed by atoms with van der Waals surface area (Å²) in [5.74, 6) is 0. The molecule has 3 aromatic rings. The number of rotatable bonds is 7. The van der Waals surface area contributed by atoms with Gasteiger partial charge in [-0.05, 0) is 31.9 Å². The first-order valence-electron chi connectivity index (χ1n) is 11.6. The van der Waals surface area contributed by atoms with Gasteiger partial charge in [0.1, 0.15) is 34.9 Å². The minimum atomic E-state index is -4.27. The van der Waals surface area contributed by atoms with E-state index in [4.69, 9.17) is 10.7 Å². The van der Waals surface area contributed by atoms with Gasteiger partial charge in [-0.15, -0.1) is 6.01 Å². The predicted molar refractivity (Wildman–Crippen MR) is 137 cm³/mol. The summed E-state index contributed by atoms with van der Waals surface area (Å²) < 4.78 is 39.7. The van der Waals surface area contributed by atoms with Crippen LogP contribution in [0.15, 0.2) is 71.6 Å². The van der Waals surface area contributed by atoms with Crippen LogP contribution in [-0.4, -0.2) is 28.1 Å². The number of nitriles is 1. The van der Waals surface area contributed by atoms with E-state index >= 15 is 0 Å². The van der Waals surface area contributed by atoms with Crippen LogP contribution in [0.3, 0.4) is 0 Å². The molecule has 0 aliphatic carbocycles. The molecular formula is C25H37N7O3S. The van der Waals surface area contributed by atoms with Crippen molar-refractivity contribution < 1.29 is 22.1 Å². The van der Waals surface area contributed by atoms with Gasteiger partial charge in [-0.2, -0.15) is 5.26 Å². The smallest absolute Gasteiger partial charge is 0.243 e. The molecule has 3 rings (SSSR count). The lowest BCUT2D eigenvalue weighted by Gasteiger charge is -2.05. The van der Waals surface area contributed by atoms with Crippen molar-refractivity contribution in [1.82, 2.24) is 9.13 Å². The third-order valence-electron chi connectivity index (χ3n) is 4.60. The average molecular weight is 516 g/mol. The highest BCUT2D eigenvalue weighted by Gasteiger charge is 1.98. The van der Waals surface area contributed by atoms with Crippen molar-refractivity contribution in [1.29, 1.82) is 5.26 Å². The van der Waals surface area contributed by atoms with Crippen LogP contribution in [0.2, 0.25) is 0 Å². The zero-order valence-corrected chi connectivity index (χ0v) is 22.6. The van der Waals surface area contributed by atoms with Gasteiger partial charge in [0.15, 0.2) is 0 Å². The van der Waals surface area contributed by atoms with Crippen molar-refractivity contribution in [2.45, 2.75) is 64.4 Å². The van der Waals surface area contributed by atoms with E-state index in [1.807, 2.05) is 21.0 Å². The Morgan fingerprint density at radius 3 is 1.67 bits per heavy atom. The van der Waals surface area contributed by atoms with Crippen LogP contribution in [0, 0.1) is 18.4 Å². The van der Waals surface area contributed by atoms with Crippen LogP contribution >= 0.6 is 0 Å². The Morgan fingerprint density at radius 1 is 0.972 bits per heavy atom. The van der Waals surface area contributed by atoms with Crippen LogP contribution in [0.4, 0.5) is 0 Å². The molecule has 36 heavy (non-hydrogen) atoms. The molecule has 0 aliphatic rings. The highest BCUT2D eigenvalue weighted by Crippen LogP contribution is 2.08. The monoisotopic (exact) mass is 515 g/mol. The lowest BCUT2D eigenvalue weighted by Crippen LogP contribution is -2.23. The second-order valence-corrected chi connectivity index (χ2v) is 9.30. The summed E-state index contributed by atoms with van der Waals surface area (Å²) in [6, 6.07) is 7.06. The first-order chi connectivity index (χ1) is 17.1. The number of aryl methyl sites for hydroxylation is 5. The molecule has 11 heteroatoms. The Bertz CT molecular complexity index is 1140. The van der Waals surface area contributed by atoms with E-state index in [2.05, 4.69) is 74.6 Å². The van der Waals surface area contributed by atoms with Gasteiger partial charge in [-0.1, -0.05) is 44.4 Å². The summed E-state index contributed by atoms with van der Waals surface area (Å²) in [4.78, 5) is 2.41. The number of imidazole rings is 2. The molecule has 10 nitrogen and oxygen atoms in total. The standard InChI is InChI=1S/2C8H15N2.C7H8O3S.C2N3/c2*1-3-4-5-10-7-6-9(2)8-10;1-6-2-4-7(5-3-6)11(8,9)10;3-1-5-2-4/h2*6-8H,3-5H2,1-2H3;2-5H,1H3,(H,8,9,10);/q2*+1;;-1/p-1. The van der Waals surface area contributed by atoms with E-state index in [0.717, 1.165) is 18.7 Å². The molecule has 0 spiro atoms. The fourth-order valence-corrected chi connectivity index (χ4v) is 3.15. The van der Waals surface area contributed by atoms with E-state index in [1.54, 1.807) is 12.1 Å². The van der Waals surface area contributed by atoms with Gasteiger partial charge < -0.3 is 15.0 Å². The van der Waals surface area contributed by atoms with E-state index < -0.39 is 10.1 Å². The molecule has 0 amide bonds. The topological polar surface area (TPSA) is 133 Å². The molecular weight excluding hydrogens is 478 g/mol. The Morgan fingerprint density at radius 2 is 1.42 bits per heavy atom. The van der Waals surface area contributed by atoms with Crippen LogP contribution in [0.25, 0.3) is 5.41 Å². The Labute approximate surface area is 215 Å². The fourth-order valence-electron chi connectivity index (χ4n) is 2.68. The van der Waals surface area contributed by atoms with Crippen molar-refractivity contribution in [3.63, 3.8) is 0 Å². The molecule has 1 aromatic carbocycles. The van der Waals surface area contributed by atoms with Crippen LogP contribution in [0.1, 0.15) is 45.1 Å². The minimum Gasteiger partial charge on any atom is -0.744 e. The van der Waals surface area contributed by atoms with E-state index in [0.29, 0.717) is 0 Å². The summed E-state index contributed by atoms with van der Waals surface area (Å²) in [7, 11) is -0.181. The van der Waals surface area contributed by atoms with Crippen molar-refractivity contribution >= 4 is 16.1 Å². The van der Waals surface area contributed by atoms with Crippen LogP contribution in [-0.2, 0) is 37.3 Å². The van der Waals surface area contributed by atoms with Gasteiger partial charge in [0.05, 0.1) is 38.3 Å². The van der Waals surface area contributed by atoms with Crippen molar-refractivity contribution in [3.8, 4) is 6.19 Å². The third-order valence-corrected chi connectivity index (χ3v) is 5.45. The van der Waals surface area contributed by atoms with E-state index in [1.165, 1.54) is 50.0 Å². The summed E-state index contributed by atoms with van der Waals surface area (Å²) in [5, 5.41) is 14.9. The number of aromatic nitrogens is 4. The fraction of sp³-hybridized carbons (Fsp3) is 0.440. The molecule has 2 aromatic heterocycles. The molecule has 0 fully saturated rings. The van der Waals surface area contributed by atoms with E-state index in [9.17, 15) is 13.0 Å². The van der Waals surface area contributed by atoms with Gasteiger partial charge in [0.2, 0.25) is 12.7 Å². The predicted octanol–water partition coefficient (Wildman–Crippen LogP) is 3.34. The normalized spacial score (nSPS) is 9.69. The SMILES string of the molecule is CCCCn1cc[n+](C)c1.CCCCn1cc[n+](C)c1.Cc1ccc(S(=O)(=O)[O-])cc1.N#CN=C=[N-]. The van der Waals surface area contributed by atoms with Gasteiger partial charge >= 0.3 is 0 Å². The lowest BCUT2D eigenvalue weighted by molar-refractivity contribution is -0.671. The van der Waals surface area contributed by atoms with Gasteiger partial charge in [-0.25, -0.2) is 26.7 Å². The molecule has 0 saturated heterocycles. The van der Waals surface area contributed by atoms with Crippen molar-refractivity contribution in [2.75, 3.05) is 0 Å². The number of hydrogen-bond acceptors (Lipinski definition) is 5. The number of unbranched alkanes of at least 4 members (excludes halogenated alkanes) is 2. The number of hydrogen-bond donors (Lipinski definition) is 0. The van der Waals surface area contributed by atoms with Crippen molar-refractivity contribution in [2.24, 2.45) is 19.1 Å². The Balaban J connectivity index is 0.000000468. The summed E-state index contributed by atoms with van der Waals surface area (Å²) in [5.41, 5.74) is 0.928. The molecule has 0 saturated carbocycles. The van der Waals surface area contributed by atoms with Gasteiger partial charge in [0, 0.05) is 0 Å². The van der Waals surface area contributed by atoms with Crippen molar-refractivity contribution in [3.05, 3.63) is 72.7 Å². The molecule has 0 bridgehead atoms. The molecule has 0 aliphatic heterocycles. The number of aliphatic imine (C=N–C) groups is 1. The summed E-state index contributed by atoms with van der Waals surface area (Å²) in [6.45, 7) is 8.54. The molecule has 0 atom stereocenters. The molecule has 2 heterocycles. The minimum absolute atomic E-state index is 0.178. The van der Waals surface area contributed by atoms with Crippen LogP contribution in [0.5, 0.6) is 0 Å². The van der Waals surface area contributed by atoms with Gasteiger partial charge in [-0.3, -0.25) is 0 Å². The number of nitrogens with zero attached hydrogens (tertiary/aromatic N) is 7. The quantitative estimate of drug-likeness (QED) is 0.206.